The van der Waals surface area contributed by atoms with E-state index in [4.69, 9.17) is 27.5 Å². The number of amides is 2. The van der Waals surface area contributed by atoms with Gasteiger partial charge in [-0.1, -0.05) is 54.8 Å². The molecule has 0 saturated carbocycles. The summed E-state index contributed by atoms with van der Waals surface area (Å²) < 4.78 is 41.7. The Bertz CT molecular complexity index is 1950. The summed E-state index contributed by atoms with van der Waals surface area (Å²) in [5.74, 6) is -2.98. The van der Waals surface area contributed by atoms with Gasteiger partial charge in [0.15, 0.2) is 17.9 Å². The zero-order valence-electron chi connectivity index (χ0n) is 31.7. The molecule has 1 saturated heterocycles. The minimum Gasteiger partial charge on any atom is -0.478 e. The molecule has 1 aromatic carbocycles. The number of likely N-dealkylation sites (N-methyl/N-ethyl adjacent to an activating group) is 1. The number of allylic oxidation sites excluding steroid dienone is 3. The van der Waals surface area contributed by atoms with Crippen LogP contribution in [0.4, 0.5) is 0 Å². The number of aliphatic carboxylic acids is 1. The van der Waals surface area contributed by atoms with Gasteiger partial charge in [-0.15, -0.1) is 0 Å². The Morgan fingerprint density at radius 2 is 1.94 bits per heavy atom. The second-order valence-electron chi connectivity index (χ2n) is 14.5. The lowest BCUT2D eigenvalue weighted by atomic mass is 9.73. The number of aliphatic imine (C=N–C) groups is 1. The Morgan fingerprint density at radius 3 is 2.52 bits per heavy atom. The Balaban J connectivity index is 1.71. The molecule has 4 atom stereocenters. The average molecular weight is 787 g/mol. The molecule has 2 aliphatic heterocycles. The van der Waals surface area contributed by atoms with Crippen LogP contribution in [0, 0.1) is 12.8 Å². The van der Waals surface area contributed by atoms with E-state index in [0.29, 0.717) is 5.75 Å². The molecule has 54 heavy (non-hydrogen) atoms. The number of rotatable bonds is 15. The third-order valence-electron chi connectivity index (χ3n) is 9.74. The largest absolute Gasteiger partial charge is 0.478 e. The van der Waals surface area contributed by atoms with E-state index >= 15 is 0 Å². The summed E-state index contributed by atoms with van der Waals surface area (Å²) in [4.78, 5) is 49.0. The number of nitrogens with one attached hydrogen (secondary N) is 1. The molecule has 4 rings (SSSR count). The fourth-order valence-electron chi connectivity index (χ4n) is 6.68. The number of aryl methyl sites for hydroxylation is 2. The van der Waals surface area contributed by atoms with Gasteiger partial charge in [-0.3, -0.25) is 14.1 Å². The Hall–Kier alpha value is -4.61. The number of amidine groups is 1. The third kappa shape index (κ3) is 9.36. The summed E-state index contributed by atoms with van der Waals surface area (Å²) in [6, 6.07) is 2.47. The summed E-state index contributed by atoms with van der Waals surface area (Å²) in [5, 5.41) is 15.4. The van der Waals surface area contributed by atoms with E-state index in [2.05, 4.69) is 48.0 Å². The first kappa shape index (κ1) is 42.1. The molecule has 1 aromatic rings. The highest BCUT2D eigenvalue weighted by Gasteiger charge is 2.57. The molecule has 15 nitrogen and oxygen atoms in total. The summed E-state index contributed by atoms with van der Waals surface area (Å²) >= 11 is 5.74. The van der Waals surface area contributed by atoms with Crippen molar-refractivity contribution in [2.24, 2.45) is 21.8 Å². The molecule has 2 amide bonds. The van der Waals surface area contributed by atoms with Gasteiger partial charge in [-0.25, -0.2) is 9.79 Å². The van der Waals surface area contributed by atoms with Crippen LogP contribution in [0.25, 0.3) is 0 Å². The number of carboxylic acid groups (broad SMARTS) is 1. The summed E-state index contributed by atoms with van der Waals surface area (Å²) in [6.07, 6.45) is 7.92. The van der Waals surface area contributed by atoms with Gasteiger partial charge >= 0.3 is 16.3 Å². The van der Waals surface area contributed by atoms with Crippen LogP contribution in [0.2, 0.25) is 0 Å². The highest BCUT2D eigenvalue weighted by atomic mass is 32.2. The van der Waals surface area contributed by atoms with Gasteiger partial charge in [0.05, 0.1) is 5.70 Å². The lowest BCUT2D eigenvalue weighted by Gasteiger charge is -2.48. The molecule has 0 spiro atoms. The van der Waals surface area contributed by atoms with Gasteiger partial charge in [0.1, 0.15) is 11.6 Å². The molecule has 17 heteroatoms. The van der Waals surface area contributed by atoms with Crippen molar-refractivity contribution in [2.45, 2.75) is 110 Å². The molecule has 0 aromatic heterocycles. The standard InChI is InChI=1S/C37H50N6O9S2/c1-9-10-11-12-23-18-22(5)29(25-17-21(4)13-14-24(25)20(2)3)27(19-23)51-36(53)42(8)33-31(34(45)43(33)54(48,49)50)40-32(44)30(26-15-16-28(38)39-26)41-52-37(6,7)35(46)47/h15,17-19,24-25,31,33H,2,9-14,16H2,1,3-8H3,(H2,38,39)(H,40,44)(H,46,47)(H,48,49,50)/b41-30-/t24-,25+,31-,33?/m0/s1. The topological polar surface area (TPSA) is 214 Å². The van der Waals surface area contributed by atoms with Crippen LogP contribution in [-0.2, 0) is 35.9 Å². The van der Waals surface area contributed by atoms with E-state index in [1.807, 2.05) is 19.9 Å². The van der Waals surface area contributed by atoms with Crippen LogP contribution in [0.3, 0.4) is 0 Å². The first-order valence-corrected chi connectivity index (χ1v) is 19.5. The number of hydrogen-bond donors (Lipinski definition) is 4. The zero-order valence-corrected chi connectivity index (χ0v) is 33.3. The van der Waals surface area contributed by atoms with Gasteiger partial charge in [-0.05, 0) is 102 Å². The number of ether oxygens (including phenoxy) is 1. The number of carbonyl (C=O) groups is 3. The van der Waals surface area contributed by atoms with E-state index in [1.54, 1.807) is 0 Å². The Kier molecular flexibility index (Phi) is 13.1. The van der Waals surface area contributed by atoms with E-state index in [0.717, 1.165) is 65.7 Å². The summed E-state index contributed by atoms with van der Waals surface area (Å²) in [7, 11) is -3.78. The van der Waals surface area contributed by atoms with E-state index < -0.39 is 51.6 Å². The van der Waals surface area contributed by atoms with Crippen molar-refractivity contribution < 1.29 is 42.0 Å². The first-order chi connectivity index (χ1) is 25.2. The first-order valence-electron chi connectivity index (χ1n) is 17.7. The molecule has 1 fully saturated rings. The number of nitrogens with zero attached hydrogens (tertiary/aromatic N) is 4. The lowest BCUT2D eigenvalue weighted by Crippen LogP contribution is -2.77. The number of carboxylic acids is 1. The second-order valence-corrected chi connectivity index (χ2v) is 16.1. The molecule has 3 aliphatic rings. The van der Waals surface area contributed by atoms with Gasteiger partial charge in [-0.2, -0.15) is 12.7 Å². The van der Waals surface area contributed by atoms with Crippen LogP contribution in [0.5, 0.6) is 5.75 Å². The number of nitrogens with two attached hydrogens (primary N) is 1. The normalized spacial score (nSPS) is 21.7. The van der Waals surface area contributed by atoms with Crippen LogP contribution in [-0.4, -0.2) is 86.6 Å². The highest BCUT2D eigenvalue weighted by molar-refractivity contribution is 7.84. The number of hydrogen-bond acceptors (Lipinski definition) is 11. The van der Waals surface area contributed by atoms with E-state index in [-0.39, 0.29) is 39.3 Å². The van der Waals surface area contributed by atoms with E-state index in [1.165, 1.54) is 32.5 Å². The summed E-state index contributed by atoms with van der Waals surface area (Å²) in [5.41, 5.74) is 8.52. The fraction of sp³-hybridized carbons (Fsp3) is 0.514. The van der Waals surface area contributed by atoms with Crippen molar-refractivity contribution in [1.82, 2.24) is 14.5 Å². The molecular weight excluding hydrogens is 737 g/mol. The molecular formula is C37H50N6O9S2. The van der Waals surface area contributed by atoms with Crippen LogP contribution in [0.1, 0.15) is 95.8 Å². The molecule has 1 aliphatic carbocycles. The maximum atomic E-state index is 13.7. The average Bonchev–Trinajstić information content (AvgIpc) is 3.50. The van der Waals surface area contributed by atoms with Crippen molar-refractivity contribution in [1.29, 1.82) is 0 Å². The predicted octanol–water partition coefficient (Wildman–Crippen LogP) is 4.68. The van der Waals surface area contributed by atoms with E-state index in [9.17, 15) is 32.5 Å². The monoisotopic (exact) mass is 786 g/mol. The lowest BCUT2D eigenvalue weighted by molar-refractivity contribution is -0.161. The predicted molar refractivity (Wildman–Crippen MR) is 208 cm³/mol. The smallest absolute Gasteiger partial charge is 0.364 e. The van der Waals surface area contributed by atoms with Gasteiger partial charge in [0.2, 0.25) is 5.60 Å². The highest BCUT2D eigenvalue weighted by Crippen LogP contribution is 2.45. The maximum absolute atomic E-state index is 13.7. The van der Waals surface area contributed by atoms with Gasteiger partial charge in [0.25, 0.3) is 17.0 Å². The summed E-state index contributed by atoms with van der Waals surface area (Å²) in [6.45, 7) is 14.9. The molecule has 0 radical (unpaired) electrons. The fourth-order valence-corrected chi connectivity index (χ4v) is 7.75. The molecule has 1 unspecified atom stereocenters. The number of carbonyl (C=O) groups excluding carboxylic acids is 2. The van der Waals surface area contributed by atoms with Crippen molar-refractivity contribution in [3.8, 4) is 5.75 Å². The Labute approximate surface area is 321 Å². The van der Waals surface area contributed by atoms with Crippen molar-refractivity contribution in [3.05, 3.63) is 64.4 Å². The number of benzene rings is 1. The number of β-lactam (4-membered cyclic amide) rings is 1. The third-order valence-corrected chi connectivity index (χ3v) is 11.0. The van der Waals surface area contributed by atoms with Crippen LogP contribution < -0.4 is 15.8 Å². The molecule has 294 valence electrons. The maximum Gasteiger partial charge on any atom is 0.364 e. The quantitative estimate of drug-likeness (QED) is 0.0363. The number of unbranched alkanes of at least 4 members (excludes halogenated alkanes) is 2. The van der Waals surface area contributed by atoms with Gasteiger partial charge in [0, 0.05) is 24.9 Å². The minimum absolute atomic E-state index is 0.0601. The number of oxime groups is 1. The van der Waals surface area contributed by atoms with Crippen molar-refractivity contribution in [2.75, 3.05) is 7.05 Å². The molecule has 0 bridgehead atoms. The van der Waals surface area contributed by atoms with Gasteiger partial charge < -0.3 is 30.6 Å². The van der Waals surface area contributed by atoms with Crippen molar-refractivity contribution in [3.63, 3.8) is 0 Å². The molecule has 5 N–H and O–H groups in total. The Morgan fingerprint density at radius 1 is 1.26 bits per heavy atom. The molecule has 2 heterocycles. The minimum atomic E-state index is -5.15. The van der Waals surface area contributed by atoms with Crippen molar-refractivity contribution >= 4 is 57.0 Å². The SMILES string of the molecule is C=C(C)[C@@H]1CCC(C)=C[C@H]1c1c(C)cc(CCCCC)cc1OC(=S)N(C)C1[C@H](NC(=O)/C(=N\OC(C)(C)C(=O)O)C2=CCC(N)=N2)C(=O)N1S(=O)(=O)O. The number of thiocarbonyl (C=S) groups is 1. The van der Waals surface area contributed by atoms with Crippen LogP contribution in [0.15, 0.2) is 57.9 Å². The van der Waals surface area contributed by atoms with Crippen LogP contribution >= 0.6 is 12.2 Å². The second kappa shape index (κ2) is 16.8. The zero-order chi connectivity index (χ0) is 40.3.